The quantitative estimate of drug-likeness (QED) is 0.462. The van der Waals surface area contributed by atoms with Crippen molar-refractivity contribution in [3.05, 3.63) is 71.8 Å². The van der Waals surface area contributed by atoms with Crippen molar-refractivity contribution in [2.45, 2.75) is 6.92 Å². The molecule has 0 aromatic heterocycles. The molecule has 0 heterocycles. The van der Waals surface area contributed by atoms with Crippen LogP contribution in [-0.2, 0) is 14.3 Å². The number of methoxy groups -OCH3 is 1. The molecule has 2 rings (SSSR count). The maximum Gasteiger partial charge on any atom is 0.343 e. The molecule has 5 heteroatoms. The lowest BCUT2D eigenvalue weighted by Gasteiger charge is -2.09. The van der Waals surface area contributed by atoms with Gasteiger partial charge in [0.05, 0.1) is 25.4 Å². The van der Waals surface area contributed by atoms with E-state index in [0.29, 0.717) is 16.9 Å². The molecule has 2 aromatic rings. The zero-order valence-electron chi connectivity index (χ0n) is 13.5. The van der Waals surface area contributed by atoms with Crippen LogP contribution in [0, 0.1) is 0 Å². The second kappa shape index (κ2) is 8.53. The van der Waals surface area contributed by atoms with E-state index < -0.39 is 11.9 Å². The summed E-state index contributed by atoms with van der Waals surface area (Å²) < 4.78 is 15.3. The number of hydrogen-bond donors (Lipinski definition) is 0. The summed E-state index contributed by atoms with van der Waals surface area (Å²) in [6.07, 6.45) is 1.17. The highest BCUT2D eigenvalue weighted by atomic mass is 16.5. The van der Waals surface area contributed by atoms with Crippen molar-refractivity contribution in [3.8, 4) is 5.75 Å². The number of carbonyl (C=O) groups is 2. The number of hydrogen-bond acceptors (Lipinski definition) is 5. The summed E-state index contributed by atoms with van der Waals surface area (Å²) in [5.74, 6) is -0.372. The Morgan fingerprint density at radius 1 is 0.958 bits per heavy atom. The zero-order valence-corrected chi connectivity index (χ0v) is 13.5. The van der Waals surface area contributed by atoms with Gasteiger partial charge in [0.2, 0.25) is 0 Å². The smallest absolute Gasteiger partial charge is 0.343 e. The Balaban J connectivity index is 2.24. The van der Waals surface area contributed by atoms with Crippen LogP contribution in [0.1, 0.15) is 22.8 Å². The predicted molar refractivity (Wildman–Crippen MR) is 89.5 cm³/mol. The number of rotatable bonds is 6. The number of ether oxygens (including phenoxy) is 3. The Kier molecular flexibility index (Phi) is 6.14. The fourth-order valence-electron chi connectivity index (χ4n) is 1.95. The Bertz CT molecular complexity index is 717. The van der Waals surface area contributed by atoms with E-state index in [4.69, 9.17) is 14.2 Å². The SMILES string of the molecule is CCOC(=O)/C=C(\OC(=O)c1ccc(OC)cc1)c1ccccc1. The molecule has 0 aliphatic rings. The Labute approximate surface area is 140 Å². The number of carbonyl (C=O) groups excluding carboxylic acids is 2. The largest absolute Gasteiger partial charge is 0.497 e. The third kappa shape index (κ3) is 4.71. The van der Waals surface area contributed by atoms with E-state index in [1.54, 1.807) is 62.6 Å². The maximum atomic E-state index is 12.3. The van der Waals surface area contributed by atoms with Gasteiger partial charge < -0.3 is 14.2 Å². The molecule has 0 amide bonds. The van der Waals surface area contributed by atoms with Crippen molar-refractivity contribution in [3.63, 3.8) is 0 Å². The van der Waals surface area contributed by atoms with Crippen molar-refractivity contribution in [1.29, 1.82) is 0 Å². The second-order valence-electron chi connectivity index (χ2n) is 4.74. The third-order valence-electron chi connectivity index (χ3n) is 3.12. The minimum absolute atomic E-state index is 0.134. The van der Waals surface area contributed by atoms with E-state index in [0.717, 1.165) is 0 Å². The van der Waals surface area contributed by atoms with Crippen LogP contribution in [0.5, 0.6) is 5.75 Å². The summed E-state index contributed by atoms with van der Waals surface area (Å²) in [6.45, 7) is 1.95. The van der Waals surface area contributed by atoms with Gasteiger partial charge in [0.25, 0.3) is 0 Å². The normalized spacial score (nSPS) is 10.8. The summed E-state index contributed by atoms with van der Waals surface area (Å²) in [6, 6.07) is 15.4. The van der Waals surface area contributed by atoms with Crippen LogP contribution in [0.3, 0.4) is 0 Å². The molecule has 0 atom stereocenters. The van der Waals surface area contributed by atoms with Crippen LogP contribution < -0.4 is 4.74 Å². The van der Waals surface area contributed by atoms with Gasteiger partial charge in [0.15, 0.2) is 0 Å². The van der Waals surface area contributed by atoms with Crippen LogP contribution in [0.2, 0.25) is 0 Å². The molecule has 0 aliphatic carbocycles. The molecule has 0 radical (unpaired) electrons. The van der Waals surface area contributed by atoms with E-state index >= 15 is 0 Å². The van der Waals surface area contributed by atoms with Crippen LogP contribution in [0.15, 0.2) is 60.7 Å². The molecular weight excluding hydrogens is 308 g/mol. The van der Waals surface area contributed by atoms with E-state index in [-0.39, 0.29) is 12.4 Å². The average Bonchev–Trinajstić information content (AvgIpc) is 2.62. The predicted octanol–water partition coefficient (Wildman–Crippen LogP) is 3.46. The molecule has 124 valence electrons. The zero-order chi connectivity index (χ0) is 17.4. The monoisotopic (exact) mass is 326 g/mol. The van der Waals surface area contributed by atoms with Crippen molar-refractivity contribution in [2.75, 3.05) is 13.7 Å². The van der Waals surface area contributed by atoms with Crippen molar-refractivity contribution >= 4 is 17.7 Å². The highest BCUT2D eigenvalue weighted by Crippen LogP contribution is 2.19. The van der Waals surface area contributed by atoms with Gasteiger partial charge in [-0.05, 0) is 31.2 Å². The molecule has 5 nitrogen and oxygen atoms in total. The molecule has 0 spiro atoms. The van der Waals surface area contributed by atoms with Crippen LogP contribution >= 0.6 is 0 Å². The molecule has 0 aliphatic heterocycles. The molecule has 2 aromatic carbocycles. The molecule has 0 fully saturated rings. The van der Waals surface area contributed by atoms with E-state index in [2.05, 4.69) is 0 Å². The lowest BCUT2D eigenvalue weighted by molar-refractivity contribution is -0.137. The molecule has 0 unspecified atom stereocenters. The number of esters is 2. The van der Waals surface area contributed by atoms with Gasteiger partial charge in [0, 0.05) is 5.56 Å². The lowest BCUT2D eigenvalue weighted by Crippen LogP contribution is -2.08. The summed E-state index contributed by atoms with van der Waals surface area (Å²) in [5, 5.41) is 0. The van der Waals surface area contributed by atoms with E-state index in [9.17, 15) is 9.59 Å². The van der Waals surface area contributed by atoms with Crippen LogP contribution in [0.4, 0.5) is 0 Å². The Morgan fingerprint density at radius 2 is 1.62 bits per heavy atom. The molecule has 0 saturated carbocycles. The molecule has 0 saturated heterocycles. The first-order valence-corrected chi connectivity index (χ1v) is 7.44. The Hall–Kier alpha value is -3.08. The van der Waals surface area contributed by atoms with Crippen LogP contribution in [0.25, 0.3) is 5.76 Å². The number of benzene rings is 2. The van der Waals surface area contributed by atoms with Gasteiger partial charge >= 0.3 is 11.9 Å². The van der Waals surface area contributed by atoms with Gasteiger partial charge in [0.1, 0.15) is 11.5 Å². The fraction of sp³-hybridized carbons (Fsp3) is 0.158. The summed E-state index contributed by atoms with van der Waals surface area (Å²) >= 11 is 0. The maximum absolute atomic E-state index is 12.3. The second-order valence-corrected chi connectivity index (χ2v) is 4.74. The summed E-state index contributed by atoms with van der Waals surface area (Å²) in [5.41, 5.74) is 0.953. The van der Waals surface area contributed by atoms with Gasteiger partial charge in [-0.2, -0.15) is 0 Å². The van der Waals surface area contributed by atoms with Crippen molar-refractivity contribution < 1.29 is 23.8 Å². The molecule has 0 N–H and O–H groups in total. The Morgan fingerprint density at radius 3 is 2.21 bits per heavy atom. The summed E-state index contributed by atoms with van der Waals surface area (Å²) in [4.78, 5) is 24.0. The van der Waals surface area contributed by atoms with E-state index in [1.165, 1.54) is 6.08 Å². The minimum Gasteiger partial charge on any atom is -0.497 e. The van der Waals surface area contributed by atoms with Gasteiger partial charge in [-0.25, -0.2) is 9.59 Å². The molecule has 24 heavy (non-hydrogen) atoms. The average molecular weight is 326 g/mol. The first kappa shape index (κ1) is 17.3. The fourth-order valence-corrected chi connectivity index (χ4v) is 1.95. The van der Waals surface area contributed by atoms with Crippen molar-refractivity contribution in [2.24, 2.45) is 0 Å². The van der Waals surface area contributed by atoms with Crippen LogP contribution in [-0.4, -0.2) is 25.7 Å². The molecular formula is C19H18O5. The highest BCUT2D eigenvalue weighted by Gasteiger charge is 2.14. The third-order valence-corrected chi connectivity index (χ3v) is 3.12. The standard InChI is InChI=1S/C19H18O5/c1-3-23-18(20)13-17(14-7-5-4-6-8-14)24-19(21)15-9-11-16(22-2)12-10-15/h4-13H,3H2,1-2H3/b17-13-. The van der Waals surface area contributed by atoms with E-state index in [1.807, 2.05) is 6.07 Å². The first-order chi connectivity index (χ1) is 11.6. The lowest BCUT2D eigenvalue weighted by atomic mass is 10.1. The van der Waals surface area contributed by atoms with Crippen molar-refractivity contribution in [1.82, 2.24) is 0 Å². The topological polar surface area (TPSA) is 61.8 Å². The van der Waals surface area contributed by atoms with Gasteiger partial charge in [-0.3, -0.25) is 0 Å². The van der Waals surface area contributed by atoms with Gasteiger partial charge in [-0.1, -0.05) is 30.3 Å². The minimum atomic E-state index is -0.572. The summed E-state index contributed by atoms with van der Waals surface area (Å²) in [7, 11) is 1.54. The molecule has 0 bridgehead atoms. The highest BCUT2D eigenvalue weighted by molar-refractivity contribution is 5.97. The first-order valence-electron chi connectivity index (χ1n) is 7.44. The van der Waals surface area contributed by atoms with Gasteiger partial charge in [-0.15, -0.1) is 0 Å².